The molecule has 2 rings (SSSR count). The largest absolute Gasteiger partial charge is 0.293 e. The molecule has 1 atom stereocenters. The average Bonchev–Trinajstić information content (AvgIpc) is 2.58. The first-order valence-corrected chi connectivity index (χ1v) is 10.9. The van der Waals surface area contributed by atoms with Crippen molar-refractivity contribution < 1.29 is 13.2 Å². The van der Waals surface area contributed by atoms with Crippen LogP contribution in [0.25, 0.3) is 0 Å². The van der Waals surface area contributed by atoms with Crippen molar-refractivity contribution in [2.75, 3.05) is 0 Å². The van der Waals surface area contributed by atoms with Crippen molar-refractivity contribution in [3.63, 3.8) is 0 Å². The normalized spacial score (nSPS) is 13.2. The first-order chi connectivity index (χ1) is 13.1. The van der Waals surface area contributed by atoms with E-state index in [0.717, 1.165) is 11.1 Å². The van der Waals surface area contributed by atoms with Crippen molar-refractivity contribution in [3.05, 3.63) is 76.9 Å². The first-order valence-electron chi connectivity index (χ1n) is 9.46. The molecule has 2 aromatic rings. The Bertz CT molecular complexity index is 938. The van der Waals surface area contributed by atoms with E-state index in [9.17, 15) is 13.2 Å². The van der Waals surface area contributed by atoms with Gasteiger partial charge < -0.3 is 0 Å². The minimum absolute atomic E-state index is 0.208. The van der Waals surface area contributed by atoms with Gasteiger partial charge in [0.25, 0.3) is 0 Å². The van der Waals surface area contributed by atoms with Gasteiger partial charge in [0.2, 0.25) is 10.0 Å². The molecule has 0 saturated heterocycles. The van der Waals surface area contributed by atoms with E-state index in [1.807, 2.05) is 63.2 Å². The molecule has 0 spiro atoms. The van der Waals surface area contributed by atoms with E-state index in [4.69, 9.17) is 0 Å². The van der Waals surface area contributed by atoms with E-state index >= 15 is 0 Å². The van der Waals surface area contributed by atoms with Gasteiger partial charge in [0.15, 0.2) is 5.78 Å². The van der Waals surface area contributed by atoms with Crippen LogP contribution in [0.1, 0.15) is 36.1 Å². The highest BCUT2D eigenvalue weighted by Gasteiger charge is 2.27. The zero-order valence-electron chi connectivity index (χ0n) is 17.2. The Morgan fingerprint density at radius 3 is 2.14 bits per heavy atom. The fourth-order valence-corrected chi connectivity index (χ4v) is 4.95. The van der Waals surface area contributed by atoms with Gasteiger partial charge in [-0.05, 0) is 55.9 Å². The third-order valence-electron chi connectivity index (χ3n) is 4.44. The molecule has 0 bridgehead atoms. The number of hydrogen-bond acceptors (Lipinski definition) is 3. The van der Waals surface area contributed by atoms with Crippen LogP contribution in [0.3, 0.4) is 0 Å². The molecule has 0 aliphatic heterocycles. The van der Waals surface area contributed by atoms with Gasteiger partial charge in [0, 0.05) is 0 Å². The maximum absolute atomic E-state index is 13.1. The van der Waals surface area contributed by atoms with Gasteiger partial charge in [-0.15, -0.1) is 0 Å². The van der Waals surface area contributed by atoms with E-state index in [2.05, 4.69) is 4.72 Å². The fourth-order valence-electron chi connectivity index (χ4n) is 3.29. The fraction of sp³-hybridized carbons (Fsp3) is 0.348. The SMILES string of the molecule is Cc1cc(C)c(S(=O)(=O)N[C@H](Cc2ccccc2)C(=O)/C=C/C(C)C)c(C)c1. The van der Waals surface area contributed by atoms with Crippen molar-refractivity contribution in [3.8, 4) is 0 Å². The van der Waals surface area contributed by atoms with E-state index in [1.165, 1.54) is 6.08 Å². The highest BCUT2D eigenvalue weighted by molar-refractivity contribution is 7.89. The lowest BCUT2D eigenvalue weighted by Gasteiger charge is -2.19. The molecule has 0 amide bonds. The first kappa shape index (κ1) is 22.1. The molecule has 2 aromatic carbocycles. The number of sulfonamides is 1. The van der Waals surface area contributed by atoms with Gasteiger partial charge in [0.05, 0.1) is 10.9 Å². The molecule has 0 aliphatic rings. The third kappa shape index (κ3) is 5.88. The summed E-state index contributed by atoms with van der Waals surface area (Å²) in [7, 11) is -3.85. The molecule has 0 unspecified atom stereocenters. The zero-order valence-corrected chi connectivity index (χ0v) is 18.0. The molecule has 5 heteroatoms. The summed E-state index contributed by atoms with van der Waals surface area (Å²) in [5.74, 6) is -0.0388. The van der Waals surface area contributed by atoms with E-state index < -0.39 is 16.1 Å². The van der Waals surface area contributed by atoms with Crippen molar-refractivity contribution >= 4 is 15.8 Å². The van der Waals surface area contributed by atoms with Crippen molar-refractivity contribution in [2.24, 2.45) is 5.92 Å². The predicted molar refractivity (Wildman–Crippen MR) is 114 cm³/mol. The molecule has 0 aliphatic carbocycles. The Kier molecular flexibility index (Phi) is 7.33. The van der Waals surface area contributed by atoms with Crippen molar-refractivity contribution in [2.45, 2.75) is 52.0 Å². The highest BCUT2D eigenvalue weighted by atomic mass is 32.2. The number of allylic oxidation sites excluding steroid dienone is 1. The summed E-state index contributed by atoms with van der Waals surface area (Å²) in [5.41, 5.74) is 3.26. The van der Waals surface area contributed by atoms with Gasteiger partial charge in [-0.3, -0.25) is 4.79 Å². The molecule has 1 N–H and O–H groups in total. The maximum Gasteiger partial charge on any atom is 0.241 e. The van der Waals surface area contributed by atoms with Crippen LogP contribution >= 0.6 is 0 Å². The Morgan fingerprint density at radius 2 is 1.61 bits per heavy atom. The highest BCUT2D eigenvalue weighted by Crippen LogP contribution is 2.22. The second-order valence-corrected chi connectivity index (χ2v) is 9.25. The molecule has 0 aromatic heterocycles. The van der Waals surface area contributed by atoms with Gasteiger partial charge in [-0.2, -0.15) is 4.72 Å². The lowest BCUT2D eigenvalue weighted by Crippen LogP contribution is -2.42. The number of nitrogens with one attached hydrogen (secondary N) is 1. The van der Waals surface area contributed by atoms with Crippen LogP contribution in [0.2, 0.25) is 0 Å². The maximum atomic E-state index is 13.1. The summed E-state index contributed by atoms with van der Waals surface area (Å²) in [6.07, 6.45) is 3.57. The molecule has 0 heterocycles. The smallest absolute Gasteiger partial charge is 0.241 e. The molecular formula is C23H29NO3S. The number of aryl methyl sites for hydroxylation is 3. The lowest BCUT2D eigenvalue weighted by atomic mass is 10.0. The minimum Gasteiger partial charge on any atom is -0.293 e. The lowest BCUT2D eigenvalue weighted by molar-refractivity contribution is -0.116. The topological polar surface area (TPSA) is 63.2 Å². The molecule has 0 saturated carbocycles. The van der Waals surface area contributed by atoms with Gasteiger partial charge >= 0.3 is 0 Å². The predicted octanol–water partition coefficient (Wildman–Crippen LogP) is 4.28. The Hall–Kier alpha value is -2.24. The number of hydrogen-bond donors (Lipinski definition) is 1. The number of ketones is 1. The van der Waals surface area contributed by atoms with Crippen LogP contribution in [0, 0.1) is 26.7 Å². The second-order valence-electron chi connectivity index (χ2n) is 7.60. The molecule has 28 heavy (non-hydrogen) atoms. The summed E-state index contributed by atoms with van der Waals surface area (Å²) in [5, 5.41) is 0. The van der Waals surface area contributed by atoms with Crippen molar-refractivity contribution in [1.82, 2.24) is 4.72 Å². The van der Waals surface area contributed by atoms with E-state index in [0.29, 0.717) is 17.5 Å². The van der Waals surface area contributed by atoms with Gasteiger partial charge in [-0.1, -0.05) is 68.0 Å². The molecule has 0 fully saturated rings. The Balaban J connectivity index is 2.39. The standard InChI is InChI=1S/C23H29NO3S/c1-16(2)11-12-22(25)21(15-20-9-7-6-8-10-20)24-28(26,27)23-18(4)13-17(3)14-19(23)5/h6-14,16,21,24H,15H2,1-5H3/b12-11+/t21-/m1/s1. The summed E-state index contributed by atoms with van der Waals surface area (Å²) < 4.78 is 28.9. The number of rotatable bonds is 8. The van der Waals surface area contributed by atoms with Crippen LogP contribution in [-0.4, -0.2) is 20.2 Å². The third-order valence-corrected chi connectivity index (χ3v) is 6.22. The van der Waals surface area contributed by atoms with Crippen LogP contribution < -0.4 is 4.72 Å². The molecule has 4 nitrogen and oxygen atoms in total. The average molecular weight is 400 g/mol. The monoisotopic (exact) mass is 399 g/mol. The number of carbonyl (C=O) groups excluding carboxylic acids is 1. The van der Waals surface area contributed by atoms with Crippen molar-refractivity contribution in [1.29, 1.82) is 0 Å². The number of benzene rings is 2. The molecule has 150 valence electrons. The summed E-state index contributed by atoms with van der Waals surface area (Å²) >= 11 is 0. The Morgan fingerprint density at radius 1 is 1.04 bits per heavy atom. The quantitative estimate of drug-likeness (QED) is 0.674. The van der Waals surface area contributed by atoms with E-state index in [-0.39, 0.29) is 16.6 Å². The summed E-state index contributed by atoms with van der Waals surface area (Å²) in [4.78, 5) is 13.0. The molecule has 0 radical (unpaired) electrons. The van der Waals surface area contributed by atoms with E-state index in [1.54, 1.807) is 19.9 Å². The second kappa shape index (κ2) is 9.30. The zero-order chi connectivity index (χ0) is 20.9. The summed E-state index contributed by atoms with van der Waals surface area (Å²) in [6.45, 7) is 9.43. The summed E-state index contributed by atoms with van der Waals surface area (Å²) in [6, 6.07) is 12.3. The molecular weight excluding hydrogens is 370 g/mol. The van der Waals surface area contributed by atoms with Crippen LogP contribution in [-0.2, 0) is 21.2 Å². The van der Waals surface area contributed by atoms with Gasteiger partial charge in [-0.25, -0.2) is 8.42 Å². The van der Waals surface area contributed by atoms with Crippen LogP contribution in [0.5, 0.6) is 0 Å². The van der Waals surface area contributed by atoms with Gasteiger partial charge in [0.1, 0.15) is 0 Å². The van der Waals surface area contributed by atoms with Crippen LogP contribution in [0.15, 0.2) is 59.5 Å². The Labute approximate surface area is 168 Å². The van der Waals surface area contributed by atoms with Crippen LogP contribution in [0.4, 0.5) is 0 Å². The minimum atomic E-state index is -3.85. The number of carbonyl (C=O) groups is 1.